The number of hydrogen-bond acceptors (Lipinski definition) is 2. The van der Waals surface area contributed by atoms with Crippen LogP contribution in [0.1, 0.15) is 25.3 Å². The first-order chi connectivity index (χ1) is 8.02. The van der Waals surface area contributed by atoms with E-state index in [2.05, 4.69) is 5.32 Å². The van der Waals surface area contributed by atoms with E-state index >= 15 is 0 Å². The van der Waals surface area contributed by atoms with E-state index in [0.717, 1.165) is 24.1 Å². The largest absolute Gasteiger partial charge is 0.481 e. The third-order valence-electron chi connectivity index (χ3n) is 3.10. The van der Waals surface area contributed by atoms with Gasteiger partial charge in [0.1, 0.15) is 0 Å². The summed E-state index contributed by atoms with van der Waals surface area (Å²) in [7, 11) is 0. The zero-order valence-corrected chi connectivity index (χ0v) is 9.69. The van der Waals surface area contributed by atoms with Crippen molar-refractivity contribution in [2.75, 3.05) is 5.32 Å². The third-order valence-corrected chi connectivity index (χ3v) is 3.10. The van der Waals surface area contributed by atoms with Crippen molar-refractivity contribution >= 4 is 17.6 Å². The van der Waals surface area contributed by atoms with Gasteiger partial charge in [0.25, 0.3) is 0 Å². The van der Waals surface area contributed by atoms with Gasteiger partial charge in [-0.05, 0) is 37.0 Å². The first-order valence-corrected chi connectivity index (χ1v) is 5.62. The fourth-order valence-corrected chi connectivity index (χ4v) is 1.97. The Bertz CT molecular complexity index is 463. The molecule has 0 unspecified atom stereocenters. The molecule has 1 aliphatic rings. The number of carbonyl (C=O) groups excluding carboxylic acids is 1. The zero-order chi connectivity index (χ0) is 12.5. The van der Waals surface area contributed by atoms with Gasteiger partial charge in [0.05, 0.1) is 5.41 Å². The molecule has 2 N–H and O–H groups in total. The van der Waals surface area contributed by atoms with Gasteiger partial charge in [0.2, 0.25) is 5.91 Å². The number of nitrogens with one attached hydrogen (secondary N) is 1. The molecule has 0 aromatic heterocycles. The van der Waals surface area contributed by atoms with E-state index in [4.69, 9.17) is 5.11 Å². The molecule has 17 heavy (non-hydrogen) atoms. The average molecular weight is 233 g/mol. The predicted octanol–water partition coefficient (Wildman–Crippen LogP) is 2.05. The Balaban J connectivity index is 2.11. The maximum Gasteiger partial charge on any atom is 0.309 e. The van der Waals surface area contributed by atoms with Gasteiger partial charge in [-0.25, -0.2) is 0 Å². The first kappa shape index (κ1) is 11.6. The standard InChI is InChI=1S/C13H15NO3/c1-9(15)14-11-4-2-3-10(7-11)8-13(5-6-13)12(16)17/h2-4,7H,5-6,8H2,1H3,(H,14,15)(H,16,17). The molecule has 0 bridgehead atoms. The van der Waals surface area contributed by atoms with Gasteiger partial charge in [0.15, 0.2) is 0 Å². The van der Waals surface area contributed by atoms with Crippen LogP contribution in [-0.2, 0) is 16.0 Å². The minimum absolute atomic E-state index is 0.124. The third kappa shape index (κ3) is 2.64. The lowest BCUT2D eigenvalue weighted by Gasteiger charge is -2.10. The van der Waals surface area contributed by atoms with Crippen LogP contribution in [0.2, 0.25) is 0 Å². The van der Waals surface area contributed by atoms with Crippen LogP contribution < -0.4 is 5.32 Å². The van der Waals surface area contributed by atoms with Crippen LogP contribution in [0.15, 0.2) is 24.3 Å². The monoisotopic (exact) mass is 233 g/mol. The van der Waals surface area contributed by atoms with Gasteiger partial charge in [-0.3, -0.25) is 9.59 Å². The summed E-state index contributed by atoms with van der Waals surface area (Å²) in [6.07, 6.45) is 2.02. The summed E-state index contributed by atoms with van der Waals surface area (Å²) in [6, 6.07) is 7.36. The van der Waals surface area contributed by atoms with Crippen LogP contribution >= 0.6 is 0 Å². The highest BCUT2D eigenvalue weighted by atomic mass is 16.4. The second-order valence-corrected chi connectivity index (χ2v) is 4.64. The molecule has 90 valence electrons. The van der Waals surface area contributed by atoms with E-state index in [0.29, 0.717) is 6.42 Å². The van der Waals surface area contributed by atoms with Gasteiger partial charge in [-0.2, -0.15) is 0 Å². The van der Waals surface area contributed by atoms with Crippen molar-refractivity contribution in [2.45, 2.75) is 26.2 Å². The highest BCUT2D eigenvalue weighted by molar-refractivity contribution is 5.88. The predicted molar refractivity (Wildman–Crippen MR) is 63.8 cm³/mol. The summed E-state index contributed by atoms with van der Waals surface area (Å²) in [4.78, 5) is 22.0. The van der Waals surface area contributed by atoms with E-state index in [1.165, 1.54) is 6.92 Å². The lowest BCUT2D eigenvalue weighted by molar-refractivity contribution is -0.143. The molecule has 0 saturated heterocycles. The number of benzene rings is 1. The van der Waals surface area contributed by atoms with E-state index in [-0.39, 0.29) is 5.91 Å². The van der Waals surface area contributed by atoms with Crippen LogP contribution in [0.25, 0.3) is 0 Å². The lowest BCUT2D eigenvalue weighted by atomic mass is 9.96. The maximum absolute atomic E-state index is 11.1. The fraction of sp³-hybridized carbons (Fsp3) is 0.385. The quantitative estimate of drug-likeness (QED) is 0.836. The van der Waals surface area contributed by atoms with E-state index in [1.54, 1.807) is 6.07 Å². The summed E-state index contributed by atoms with van der Waals surface area (Å²) in [5.41, 5.74) is 1.11. The summed E-state index contributed by atoms with van der Waals surface area (Å²) in [6.45, 7) is 1.45. The number of hydrogen-bond donors (Lipinski definition) is 2. The van der Waals surface area contributed by atoms with Gasteiger partial charge in [-0.15, -0.1) is 0 Å². The Morgan fingerprint density at radius 2 is 2.12 bits per heavy atom. The molecule has 1 aromatic carbocycles. The van der Waals surface area contributed by atoms with Crippen molar-refractivity contribution in [1.82, 2.24) is 0 Å². The minimum atomic E-state index is -0.720. The number of rotatable bonds is 4. The molecule has 0 heterocycles. The molecule has 4 heteroatoms. The maximum atomic E-state index is 11.1. The molecule has 4 nitrogen and oxygen atoms in total. The van der Waals surface area contributed by atoms with Crippen LogP contribution in [0, 0.1) is 5.41 Å². The summed E-state index contributed by atoms with van der Waals surface area (Å²) >= 11 is 0. The van der Waals surface area contributed by atoms with Gasteiger partial charge in [0, 0.05) is 12.6 Å². The Morgan fingerprint density at radius 1 is 1.41 bits per heavy atom. The molecule has 1 aliphatic carbocycles. The second kappa shape index (κ2) is 4.20. The van der Waals surface area contributed by atoms with Crippen molar-refractivity contribution in [2.24, 2.45) is 5.41 Å². The zero-order valence-electron chi connectivity index (χ0n) is 9.69. The molecule has 1 saturated carbocycles. The summed E-state index contributed by atoms with van der Waals surface area (Å²) < 4.78 is 0. The molecule has 1 amide bonds. The van der Waals surface area contributed by atoms with Gasteiger partial charge in [-0.1, -0.05) is 12.1 Å². The Kier molecular flexibility index (Phi) is 2.88. The number of carbonyl (C=O) groups is 2. The fourth-order valence-electron chi connectivity index (χ4n) is 1.97. The van der Waals surface area contributed by atoms with E-state index in [1.807, 2.05) is 18.2 Å². The smallest absolute Gasteiger partial charge is 0.309 e. The van der Waals surface area contributed by atoms with E-state index < -0.39 is 11.4 Å². The molecule has 1 fully saturated rings. The van der Waals surface area contributed by atoms with Crippen molar-refractivity contribution in [3.63, 3.8) is 0 Å². The van der Waals surface area contributed by atoms with Crippen LogP contribution in [-0.4, -0.2) is 17.0 Å². The van der Waals surface area contributed by atoms with Crippen molar-refractivity contribution in [1.29, 1.82) is 0 Å². The highest BCUT2D eigenvalue weighted by Crippen LogP contribution is 2.48. The van der Waals surface area contributed by atoms with Crippen molar-refractivity contribution in [3.05, 3.63) is 29.8 Å². The number of anilines is 1. The number of aliphatic carboxylic acids is 1. The van der Waals surface area contributed by atoms with Gasteiger partial charge < -0.3 is 10.4 Å². The average Bonchev–Trinajstić information content (AvgIpc) is 2.98. The Morgan fingerprint density at radius 3 is 2.65 bits per heavy atom. The Labute approximate surface area is 99.6 Å². The molecule has 2 rings (SSSR count). The SMILES string of the molecule is CC(=O)Nc1cccc(CC2(C(=O)O)CC2)c1. The summed E-state index contributed by atoms with van der Waals surface area (Å²) in [5, 5.41) is 11.8. The number of carboxylic acids is 1. The first-order valence-electron chi connectivity index (χ1n) is 5.62. The second-order valence-electron chi connectivity index (χ2n) is 4.64. The normalized spacial score (nSPS) is 16.3. The molecule has 0 spiro atoms. The summed E-state index contributed by atoms with van der Waals surface area (Å²) in [5.74, 6) is -0.844. The minimum Gasteiger partial charge on any atom is -0.481 e. The molecule has 0 aliphatic heterocycles. The topological polar surface area (TPSA) is 66.4 Å². The number of carboxylic acid groups (broad SMARTS) is 1. The van der Waals surface area contributed by atoms with Crippen molar-refractivity contribution < 1.29 is 14.7 Å². The van der Waals surface area contributed by atoms with Crippen LogP contribution in [0.5, 0.6) is 0 Å². The molecular formula is C13H15NO3. The van der Waals surface area contributed by atoms with E-state index in [9.17, 15) is 9.59 Å². The van der Waals surface area contributed by atoms with Crippen molar-refractivity contribution in [3.8, 4) is 0 Å². The molecular weight excluding hydrogens is 218 g/mol. The van der Waals surface area contributed by atoms with Gasteiger partial charge >= 0.3 is 5.97 Å². The molecule has 0 radical (unpaired) electrons. The lowest BCUT2D eigenvalue weighted by Crippen LogP contribution is -2.17. The molecule has 0 atom stereocenters. The van der Waals surface area contributed by atoms with Crippen LogP contribution in [0.3, 0.4) is 0 Å². The Hall–Kier alpha value is -1.84. The molecule has 1 aromatic rings. The van der Waals surface area contributed by atoms with Crippen LogP contribution in [0.4, 0.5) is 5.69 Å². The number of amides is 1. The highest BCUT2D eigenvalue weighted by Gasteiger charge is 2.49.